The third-order valence-corrected chi connectivity index (χ3v) is 4.22. The van der Waals surface area contributed by atoms with Crippen LogP contribution >= 0.6 is 0 Å². The van der Waals surface area contributed by atoms with Crippen LogP contribution in [0.5, 0.6) is 11.5 Å². The summed E-state index contributed by atoms with van der Waals surface area (Å²) in [6, 6.07) is 6.83. The molecule has 118 valence electrons. The summed E-state index contributed by atoms with van der Waals surface area (Å²) in [4.78, 5) is 2.59. The maximum absolute atomic E-state index is 5.46. The molecule has 0 amide bonds. The molecule has 0 unspecified atom stereocenters. The molecule has 1 atom stereocenters. The Morgan fingerprint density at radius 3 is 2.48 bits per heavy atom. The van der Waals surface area contributed by atoms with E-state index >= 15 is 0 Å². The van der Waals surface area contributed by atoms with Gasteiger partial charge in [0.05, 0.1) is 14.2 Å². The van der Waals surface area contributed by atoms with Gasteiger partial charge < -0.3 is 14.8 Å². The molecule has 1 aliphatic heterocycles. The SMILES string of the molecule is CCCC[C@@H](c1ccc(OC)c(OC)c1)N1CCNCC1. The number of hydrogen-bond acceptors (Lipinski definition) is 4. The van der Waals surface area contributed by atoms with Crippen molar-refractivity contribution >= 4 is 0 Å². The summed E-state index contributed by atoms with van der Waals surface area (Å²) in [6.07, 6.45) is 3.69. The van der Waals surface area contributed by atoms with Crippen molar-refractivity contribution in [3.8, 4) is 11.5 Å². The largest absolute Gasteiger partial charge is 0.493 e. The van der Waals surface area contributed by atoms with Gasteiger partial charge in [0.25, 0.3) is 0 Å². The van der Waals surface area contributed by atoms with Gasteiger partial charge in [-0.1, -0.05) is 25.8 Å². The van der Waals surface area contributed by atoms with Crippen LogP contribution in [0.1, 0.15) is 37.8 Å². The number of rotatable bonds is 7. The van der Waals surface area contributed by atoms with E-state index in [9.17, 15) is 0 Å². The van der Waals surface area contributed by atoms with Gasteiger partial charge in [-0.2, -0.15) is 0 Å². The molecular formula is C17H28N2O2. The molecule has 1 N–H and O–H groups in total. The Morgan fingerprint density at radius 1 is 1.14 bits per heavy atom. The van der Waals surface area contributed by atoms with E-state index in [4.69, 9.17) is 9.47 Å². The van der Waals surface area contributed by atoms with Gasteiger partial charge in [0.2, 0.25) is 0 Å². The van der Waals surface area contributed by atoms with Gasteiger partial charge in [-0.25, -0.2) is 0 Å². The second-order valence-corrected chi connectivity index (χ2v) is 5.56. The van der Waals surface area contributed by atoms with Gasteiger partial charge in [0.15, 0.2) is 11.5 Å². The van der Waals surface area contributed by atoms with Gasteiger partial charge in [-0.15, -0.1) is 0 Å². The van der Waals surface area contributed by atoms with Crippen LogP contribution in [-0.2, 0) is 0 Å². The summed E-state index contributed by atoms with van der Waals surface area (Å²) in [6.45, 7) is 6.64. The fourth-order valence-electron chi connectivity index (χ4n) is 3.01. The lowest BCUT2D eigenvalue weighted by molar-refractivity contribution is 0.163. The minimum atomic E-state index is 0.479. The first-order valence-corrected chi connectivity index (χ1v) is 7.96. The molecule has 4 heteroatoms. The predicted molar refractivity (Wildman–Crippen MR) is 86.3 cm³/mol. The minimum absolute atomic E-state index is 0.479. The van der Waals surface area contributed by atoms with E-state index in [1.807, 2.05) is 6.07 Å². The molecule has 4 nitrogen and oxygen atoms in total. The van der Waals surface area contributed by atoms with Gasteiger partial charge in [-0.3, -0.25) is 4.90 Å². The number of nitrogens with one attached hydrogen (secondary N) is 1. The van der Waals surface area contributed by atoms with E-state index in [0.29, 0.717) is 6.04 Å². The van der Waals surface area contributed by atoms with Gasteiger partial charge >= 0.3 is 0 Å². The maximum atomic E-state index is 5.46. The molecule has 0 aliphatic carbocycles. The Morgan fingerprint density at radius 2 is 1.86 bits per heavy atom. The zero-order valence-electron chi connectivity index (χ0n) is 13.5. The zero-order valence-corrected chi connectivity index (χ0v) is 13.5. The standard InChI is InChI=1S/C17H28N2O2/c1-4-5-6-15(19-11-9-18-10-12-19)14-7-8-16(20-2)17(13-14)21-3/h7-8,13,15,18H,4-6,9-12H2,1-3H3/t15-/m0/s1. The molecule has 1 aromatic rings. The molecule has 1 heterocycles. The predicted octanol–water partition coefficient (Wildman–Crippen LogP) is 2.84. The average Bonchev–Trinajstić information content (AvgIpc) is 2.56. The topological polar surface area (TPSA) is 33.7 Å². The number of methoxy groups -OCH3 is 2. The van der Waals surface area contributed by atoms with Crippen LogP contribution in [0.15, 0.2) is 18.2 Å². The van der Waals surface area contributed by atoms with E-state index in [0.717, 1.165) is 37.7 Å². The van der Waals surface area contributed by atoms with E-state index in [1.54, 1.807) is 14.2 Å². The molecule has 0 aromatic heterocycles. The van der Waals surface area contributed by atoms with Crippen molar-refractivity contribution < 1.29 is 9.47 Å². The van der Waals surface area contributed by atoms with E-state index in [-0.39, 0.29) is 0 Å². The van der Waals surface area contributed by atoms with Crippen molar-refractivity contribution in [1.82, 2.24) is 10.2 Å². The van der Waals surface area contributed by atoms with Crippen molar-refractivity contribution in [1.29, 1.82) is 0 Å². The second kappa shape index (κ2) is 8.25. The molecule has 1 saturated heterocycles. The molecule has 0 saturated carbocycles. The summed E-state index contributed by atoms with van der Waals surface area (Å²) in [5.74, 6) is 1.63. The van der Waals surface area contributed by atoms with E-state index in [1.165, 1.54) is 24.8 Å². The van der Waals surface area contributed by atoms with Crippen LogP contribution in [0.4, 0.5) is 0 Å². The summed E-state index contributed by atoms with van der Waals surface area (Å²) in [7, 11) is 3.38. The highest BCUT2D eigenvalue weighted by Crippen LogP contribution is 2.34. The third kappa shape index (κ3) is 4.11. The number of piperazine rings is 1. The first-order valence-electron chi connectivity index (χ1n) is 7.96. The Kier molecular flexibility index (Phi) is 6.33. The fourth-order valence-corrected chi connectivity index (χ4v) is 3.01. The molecule has 2 rings (SSSR count). The van der Waals surface area contributed by atoms with Crippen LogP contribution < -0.4 is 14.8 Å². The lowest BCUT2D eigenvalue weighted by Gasteiger charge is -2.35. The molecule has 0 spiro atoms. The molecule has 1 fully saturated rings. The summed E-state index contributed by atoms with van der Waals surface area (Å²) in [5.41, 5.74) is 1.34. The second-order valence-electron chi connectivity index (χ2n) is 5.56. The average molecular weight is 292 g/mol. The van der Waals surface area contributed by atoms with Gasteiger partial charge in [0, 0.05) is 32.2 Å². The van der Waals surface area contributed by atoms with Crippen molar-refractivity contribution in [3.05, 3.63) is 23.8 Å². The molecule has 0 bridgehead atoms. The quantitative estimate of drug-likeness (QED) is 0.838. The van der Waals surface area contributed by atoms with Crippen molar-refractivity contribution in [2.24, 2.45) is 0 Å². The van der Waals surface area contributed by atoms with Crippen LogP contribution in [0.3, 0.4) is 0 Å². The monoisotopic (exact) mass is 292 g/mol. The smallest absolute Gasteiger partial charge is 0.161 e. The Balaban J connectivity index is 2.22. The summed E-state index contributed by atoms with van der Waals surface area (Å²) >= 11 is 0. The highest BCUT2D eigenvalue weighted by atomic mass is 16.5. The number of ether oxygens (including phenoxy) is 2. The van der Waals surface area contributed by atoms with Gasteiger partial charge in [0.1, 0.15) is 0 Å². The highest BCUT2D eigenvalue weighted by molar-refractivity contribution is 5.43. The Bertz CT molecular complexity index is 431. The zero-order chi connectivity index (χ0) is 15.1. The molecule has 0 radical (unpaired) electrons. The lowest BCUT2D eigenvalue weighted by atomic mass is 9.98. The lowest BCUT2D eigenvalue weighted by Crippen LogP contribution is -2.45. The van der Waals surface area contributed by atoms with E-state index < -0.39 is 0 Å². The first kappa shape index (κ1) is 16.1. The number of hydrogen-bond donors (Lipinski definition) is 1. The van der Waals surface area contributed by atoms with Crippen LogP contribution in [-0.4, -0.2) is 45.3 Å². The molecule has 21 heavy (non-hydrogen) atoms. The van der Waals surface area contributed by atoms with Crippen molar-refractivity contribution in [3.63, 3.8) is 0 Å². The molecule has 1 aromatic carbocycles. The minimum Gasteiger partial charge on any atom is -0.493 e. The number of unbranched alkanes of at least 4 members (excludes halogenated alkanes) is 1. The maximum Gasteiger partial charge on any atom is 0.161 e. The van der Waals surface area contributed by atoms with Crippen molar-refractivity contribution in [2.45, 2.75) is 32.2 Å². The molecule has 1 aliphatic rings. The van der Waals surface area contributed by atoms with Gasteiger partial charge in [-0.05, 0) is 24.1 Å². The van der Waals surface area contributed by atoms with Crippen LogP contribution in [0, 0.1) is 0 Å². The van der Waals surface area contributed by atoms with Crippen LogP contribution in [0.25, 0.3) is 0 Å². The first-order chi connectivity index (χ1) is 10.3. The third-order valence-electron chi connectivity index (χ3n) is 4.22. The summed E-state index contributed by atoms with van der Waals surface area (Å²) in [5, 5.41) is 3.43. The van der Waals surface area contributed by atoms with Crippen molar-refractivity contribution in [2.75, 3.05) is 40.4 Å². The van der Waals surface area contributed by atoms with E-state index in [2.05, 4.69) is 29.3 Å². The highest BCUT2D eigenvalue weighted by Gasteiger charge is 2.22. The Hall–Kier alpha value is -1.26. The van der Waals surface area contributed by atoms with Crippen LogP contribution in [0.2, 0.25) is 0 Å². The number of benzene rings is 1. The number of nitrogens with zero attached hydrogens (tertiary/aromatic N) is 1. The Labute approximate surface area is 128 Å². The summed E-state index contributed by atoms with van der Waals surface area (Å²) < 4.78 is 10.8. The normalized spacial score (nSPS) is 17.5. The molecular weight excluding hydrogens is 264 g/mol. The fraction of sp³-hybridized carbons (Fsp3) is 0.647.